The molecule has 0 bridgehead atoms. The molecule has 0 radical (unpaired) electrons. The van der Waals surface area contributed by atoms with Gasteiger partial charge >= 0.3 is 0 Å². The zero-order valence-corrected chi connectivity index (χ0v) is 15.4. The molecule has 0 aromatic heterocycles. The number of hydrogen-bond donors (Lipinski definition) is 2. The molecule has 0 aliphatic carbocycles. The smallest absolute Gasteiger partial charge is 0.225 e. The Kier molecular flexibility index (Phi) is 7.82. The van der Waals surface area contributed by atoms with E-state index in [0.29, 0.717) is 22.9 Å². The van der Waals surface area contributed by atoms with E-state index in [2.05, 4.69) is 15.5 Å². The van der Waals surface area contributed by atoms with Gasteiger partial charge in [0, 0.05) is 18.0 Å². The highest BCUT2D eigenvalue weighted by atomic mass is 35.5. The number of rotatable bonds is 8. The molecule has 1 aliphatic heterocycles. The number of hydrogen-bond acceptors (Lipinski definition) is 4. The molecule has 1 fully saturated rings. The largest absolute Gasteiger partial charge is 0.495 e. The van der Waals surface area contributed by atoms with Crippen LogP contribution in [0.1, 0.15) is 25.7 Å². The normalized spacial score (nSPS) is 16.1. The van der Waals surface area contributed by atoms with Crippen LogP contribution in [-0.2, 0) is 4.79 Å². The molecule has 1 aromatic carbocycles. The van der Waals surface area contributed by atoms with Gasteiger partial charge in [-0.15, -0.1) is 0 Å². The number of nitrogens with zero attached hydrogens (tertiary/aromatic N) is 1. The lowest BCUT2D eigenvalue weighted by Crippen LogP contribution is -2.36. The Balaban J connectivity index is 1.73. The summed E-state index contributed by atoms with van der Waals surface area (Å²) in [5.41, 5.74) is 0.626. The lowest BCUT2D eigenvalue weighted by Gasteiger charge is -2.31. The Morgan fingerprint density at radius 2 is 2.12 bits per heavy atom. The fourth-order valence-corrected chi connectivity index (χ4v) is 3.27. The molecule has 0 unspecified atom stereocenters. The molecule has 24 heavy (non-hydrogen) atoms. The van der Waals surface area contributed by atoms with Gasteiger partial charge in [0.15, 0.2) is 0 Å². The van der Waals surface area contributed by atoms with E-state index < -0.39 is 0 Å². The van der Waals surface area contributed by atoms with E-state index in [1.165, 1.54) is 19.3 Å². The Morgan fingerprint density at radius 1 is 1.38 bits per heavy atom. The van der Waals surface area contributed by atoms with Gasteiger partial charge in [0.05, 0.1) is 12.8 Å². The Morgan fingerprint density at radius 3 is 2.79 bits per heavy atom. The summed E-state index contributed by atoms with van der Waals surface area (Å²) in [5, 5.41) is 6.69. The first-order valence-electron chi connectivity index (χ1n) is 8.62. The SMILES string of the molecule is CNCCC1CCN(CCC(=O)Nc2cc(Cl)ccc2OC)CC1. The number of carbonyl (C=O) groups is 1. The summed E-state index contributed by atoms with van der Waals surface area (Å²) in [4.78, 5) is 14.6. The summed E-state index contributed by atoms with van der Waals surface area (Å²) in [6, 6.07) is 5.22. The van der Waals surface area contributed by atoms with Crippen molar-refractivity contribution in [2.24, 2.45) is 5.92 Å². The third-order valence-electron chi connectivity index (χ3n) is 4.60. The second-order valence-corrected chi connectivity index (χ2v) is 6.76. The number of benzene rings is 1. The van der Waals surface area contributed by atoms with E-state index in [9.17, 15) is 4.79 Å². The average molecular weight is 354 g/mol. The Bertz CT molecular complexity index is 531. The van der Waals surface area contributed by atoms with Crippen molar-refractivity contribution in [1.82, 2.24) is 10.2 Å². The molecule has 0 atom stereocenters. The fourth-order valence-electron chi connectivity index (χ4n) is 3.10. The fraction of sp³-hybridized carbons (Fsp3) is 0.611. The molecule has 1 aromatic rings. The van der Waals surface area contributed by atoms with Crippen LogP contribution < -0.4 is 15.4 Å². The molecular weight excluding hydrogens is 326 g/mol. The average Bonchev–Trinajstić information content (AvgIpc) is 2.59. The van der Waals surface area contributed by atoms with Crippen LogP contribution in [-0.4, -0.2) is 51.1 Å². The maximum atomic E-state index is 12.2. The van der Waals surface area contributed by atoms with Crippen LogP contribution in [0, 0.1) is 5.92 Å². The molecule has 134 valence electrons. The third-order valence-corrected chi connectivity index (χ3v) is 4.84. The highest BCUT2D eigenvalue weighted by Gasteiger charge is 2.19. The quantitative estimate of drug-likeness (QED) is 0.754. The Hall–Kier alpha value is -1.30. The van der Waals surface area contributed by atoms with Crippen molar-refractivity contribution in [1.29, 1.82) is 0 Å². The number of ether oxygens (including phenoxy) is 1. The summed E-state index contributed by atoms with van der Waals surface area (Å²) < 4.78 is 5.25. The molecule has 5 nitrogen and oxygen atoms in total. The maximum Gasteiger partial charge on any atom is 0.225 e. The second-order valence-electron chi connectivity index (χ2n) is 6.32. The van der Waals surface area contributed by atoms with Crippen molar-refractivity contribution in [2.45, 2.75) is 25.7 Å². The van der Waals surface area contributed by atoms with Crippen molar-refractivity contribution < 1.29 is 9.53 Å². The highest BCUT2D eigenvalue weighted by molar-refractivity contribution is 6.31. The minimum Gasteiger partial charge on any atom is -0.495 e. The van der Waals surface area contributed by atoms with E-state index >= 15 is 0 Å². The third kappa shape index (κ3) is 5.96. The number of piperidine rings is 1. The van der Waals surface area contributed by atoms with E-state index in [1.807, 2.05) is 7.05 Å². The molecule has 2 rings (SSSR count). The first kappa shape index (κ1) is 19.0. The number of likely N-dealkylation sites (tertiary alicyclic amines) is 1. The van der Waals surface area contributed by atoms with Gasteiger partial charge in [-0.3, -0.25) is 4.79 Å². The number of amides is 1. The minimum atomic E-state index is -0.00660. The van der Waals surface area contributed by atoms with Crippen LogP contribution in [0.5, 0.6) is 5.75 Å². The number of nitrogens with one attached hydrogen (secondary N) is 2. The Labute approximate surface area is 149 Å². The standard InChI is InChI=1S/C18H28ClN3O2/c1-20-9-5-14-6-10-22(11-7-14)12-8-18(23)21-16-13-15(19)3-4-17(16)24-2/h3-4,13-14,20H,5-12H2,1-2H3,(H,21,23). The van der Waals surface area contributed by atoms with Gasteiger partial charge in [0.2, 0.25) is 5.91 Å². The van der Waals surface area contributed by atoms with Crippen molar-refractivity contribution in [2.75, 3.05) is 45.7 Å². The molecule has 1 saturated heterocycles. The topological polar surface area (TPSA) is 53.6 Å². The van der Waals surface area contributed by atoms with E-state index in [-0.39, 0.29) is 5.91 Å². The summed E-state index contributed by atoms with van der Waals surface area (Å²) in [6.07, 6.45) is 4.19. The van der Waals surface area contributed by atoms with Crippen LogP contribution >= 0.6 is 11.6 Å². The zero-order chi connectivity index (χ0) is 17.4. The molecule has 1 heterocycles. The van der Waals surface area contributed by atoms with Crippen LogP contribution in [0.3, 0.4) is 0 Å². The van der Waals surface area contributed by atoms with Gasteiger partial charge < -0.3 is 20.3 Å². The summed E-state index contributed by atoms with van der Waals surface area (Å²) in [5.74, 6) is 1.43. The first-order valence-corrected chi connectivity index (χ1v) is 9.00. The summed E-state index contributed by atoms with van der Waals surface area (Å²) in [6.45, 7) is 4.06. The first-order chi connectivity index (χ1) is 11.6. The van der Waals surface area contributed by atoms with Crippen molar-refractivity contribution in [3.8, 4) is 5.75 Å². The van der Waals surface area contributed by atoms with Gasteiger partial charge in [-0.2, -0.15) is 0 Å². The maximum absolute atomic E-state index is 12.2. The summed E-state index contributed by atoms with van der Waals surface area (Å²) in [7, 11) is 3.58. The minimum absolute atomic E-state index is 0.00660. The van der Waals surface area contributed by atoms with Gasteiger partial charge in [-0.1, -0.05) is 11.6 Å². The second kappa shape index (κ2) is 9.87. The van der Waals surface area contributed by atoms with Crippen LogP contribution in [0.2, 0.25) is 5.02 Å². The number of carbonyl (C=O) groups excluding carboxylic acids is 1. The molecule has 0 saturated carbocycles. The van der Waals surface area contributed by atoms with Crippen molar-refractivity contribution >= 4 is 23.2 Å². The van der Waals surface area contributed by atoms with Crippen molar-refractivity contribution in [3.05, 3.63) is 23.2 Å². The molecule has 6 heteroatoms. The highest BCUT2D eigenvalue weighted by Crippen LogP contribution is 2.27. The predicted molar refractivity (Wildman–Crippen MR) is 99.0 cm³/mol. The molecule has 1 amide bonds. The monoisotopic (exact) mass is 353 g/mol. The van der Waals surface area contributed by atoms with E-state index in [0.717, 1.165) is 32.1 Å². The summed E-state index contributed by atoms with van der Waals surface area (Å²) >= 11 is 5.99. The molecule has 1 aliphatic rings. The number of methoxy groups -OCH3 is 1. The van der Waals surface area contributed by atoms with Gasteiger partial charge in [0.1, 0.15) is 5.75 Å². The lowest BCUT2D eigenvalue weighted by atomic mass is 9.93. The molecular formula is C18H28ClN3O2. The predicted octanol–water partition coefficient (Wildman–Crippen LogP) is 3.00. The van der Waals surface area contributed by atoms with Crippen LogP contribution in [0.25, 0.3) is 0 Å². The number of anilines is 1. The lowest BCUT2D eigenvalue weighted by molar-refractivity contribution is -0.116. The van der Waals surface area contributed by atoms with E-state index in [1.54, 1.807) is 25.3 Å². The molecule has 2 N–H and O–H groups in total. The van der Waals surface area contributed by atoms with Crippen LogP contribution in [0.4, 0.5) is 5.69 Å². The number of halogens is 1. The van der Waals surface area contributed by atoms with E-state index in [4.69, 9.17) is 16.3 Å². The van der Waals surface area contributed by atoms with Crippen LogP contribution in [0.15, 0.2) is 18.2 Å². The zero-order valence-electron chi connectivity index (χ0n) is 14.6. The van der Waals surface area contributed by atoms with Gasteiger partial charge in [-0.25, -0.2) is 0 Å². The van der Waals surface area contributed by atoms with Crippen molar-refractivity contribution in [3.63, 3.8) is 0 Å². The van der Waals surface area contributed by atoms with Gasteiger partial charge in [-0.05, 0) is 70.1 Å². The van der Waals surface area contributed by atoms with Gasteiger partial charge in [0.25, 0.3) is 0 Å². The molecule has 0 spiro atoms.